The summed E-state index contributed by atoms with van der Waals surface area (Å²) in [6.45, 7) is 6.94. The number of anilines is 2. The van der Waals surface area contributed by atoms with E-state index in [0.717, 1.165) is 0 Å². The monoisotopic (exact) mass is 1660 g/mol. The number of carbonyl (C=O) groups is 3. The van der Waals surface area contributed by atoms with Gasteiger partial charge >= 0.3 is 5.97 Å². The van der Waals surface area contributed by atoms with Gasteiger partial charge < -0.3 is 35.4 Å². The Morgan fingerprint density at radius 1 is 0.640 bits per heavy atom. The molecule has 6 aromatic rings. The number of nitrogens with two attached hydrogens (primary N) is 1. The number of sulfonamides is 1. The molecule has 2 aliphatic heterocycles. The Balaban J connectivity index is 0.901. The van der Waals surface area contributed by atoms with Gasteiger partial charge in [0.15, 0.2) is 37.9 Å². The van der Waals surface area contributed by atoms with Gasteiger partial charge in [-0.3, -0.25) is 27.8 Å². The molecule has 0 saturated heterocycles. The molecule has 598 valence electrons. The Bertz CT molecular complexity index is 5430. The molecule has 0 bridgehead atoms. The molecule has 3 aliphatic rings. The van der Waals surface area contributed by atoms with Gasteiger partial charge in [0.25, 0.3) is 40.5 Å². The van der Waals surface area contributed by atoms with E-state index in [4.69, 9.17) is 14.6 Å². The van der Waals surface area contributed by atoms with Crippen LogP contribution in [0, 0.1) is 17.5 Å². The van der Waals surface area contributed by atoms with Gasteiger partial charge in [0.05, 0.1) is 57.4 Å². The number of allylic oxidation sites excluding steroid dienone is 7. The van der Waals surface area contributed by atoms with Crippen LogP contribution in [0.3, 0.4) is 0 Å². The molecule has 6 aromatic carbocycles. The quantitative estimate of drug-likeness (QED) is 0.00765. The van der Waals surface area contributed by atoms with Gasteiger partial charge in [-0.25, -0.2) is 39.9 Å². The van der Waals surface area contributed by atoms with E-state index in [1.807, 2.05) is 61.5 Å². The number of hydrogen-bond donors (Lipinski definition) is 9. The van der Waals surface area contributed by atoms with E-state index in [1.54, 1.807) is 84.9 Å². The van der Waals surface area contributed by atoms with Crippen LogP contribution >= 0.6 is 0 Å². The molecule has 0 spiro atoms. The molecule has 2 amide bonds. The number of carboxylic acids is 1. The smallest absolute Gasteiger partial charge is 0.326 e. The predicted octanol–water partition coefficient (Wildman–Crippen LogP) is 9.34. The predicted molar refractivity (Wildman–Crippen MR) is 405 cm³/mol. The number of nitrogens with zero attached hydrogens (tertiary/aromatic N) is 2. The van der Waals surface area contributed by atoms with E-state index in [9.17, 15) is 88.2 Å². The number of halogens is 3. The number of unbranched alkanes of at least 4 members (excludes halogenated alkanes) is 2. The molecule has 0 unspecified atom stereocenters. The Morgan fingerprint density at radius 2 is 1.23 bits per heavy atom. The largest absolute Gasteiger partial charge is 0.480 e. The fourth-order valence-corrected chi connectivity index (χ4v) is 17.8. The van der Waals surface area contributed by atoms with Crippen molar-refractivity contribution in [1.29, 1.82) is 0 Å². The number of sulfone groups is 1. The molecule has 28 nitrogen and oxygen atoms in total. The molecule has 37 heteroatoms. The second-order valence-electron chi connectivity index (χ2n) is 27.6. The van der Waals surface area contributed by atoms with Crippen LogP contribution in [0.2, 0.25) is 0 Å². The number of primary sulfonamides is 1. The number of hydrogen-bond acceptors (Lipinski definition) is 19. The maximum Gasteiger partial charge on any atom is 0.326 e. The summed E-state index contributed by atoms with van der Waals surface area (Å²) in [6.07, 6.45) is 7.85. The standard InChI is InChI=1S/C74H83F3N6O22S6/c1-73(2)55-45-53(110(98,99)100)28-30-58(55)82(37-11-13-41-107(90,91)92)60(73)32-24-50-20-15-21-51(25-33-61-74(3,4)56-46-54(111(101,102)103)29-31-59(56)83(61)38-12-14-42-108(93,94)95)69(50)105-52-26-22-47(23-27-52)44-57(72(86)87)80-63(85)34-39-104-40-36-79-62(84)35-43-106(88,89)71-65(76)64(75)70(109(78,96)97)66(77)68(71)81-67(48-16-7-5-8-17-48)49-18-9-6-10-19-49/h5-10,16-19,22-33,45-46,57,67,81H,11-15,20-21,34-44H2,1-4H3,(H8-,78,79,80,84,85,86,87,90,91,92,93,94,95,96,97,98,99,100,101,102,103)/p+1/t57-/m0/s1. The van der Waals surface area contributed by atoms with E-state index in [-0.39, 0.29) is 86.9 Å². The molecule has 10 N–H and O–H groups in total. The molecule has 0 saturated carbocycles. The van der Waals surface area contributed by atoms with Crippen LogP contribution in [0.25, 0.3) is 0 Å². The van der Waals surface area contributed by atoms with Gasteiger partial charge in [-0.1, -0.05) is 92.7 Å². The van der Waals surface area contributed by atoms with Crippen molar-refractivity contribution in [3.8, 4) is 5.75 Å². The van der Waals surface area contributed by atoms with E-state index in [0.29, 0.717) is 86.8 Å². The first-order valence-corrected chi connectivity index (χ1v) is 44.0. The van der Waals surface area contributed by atoms with E-state index >= 15 is 13.2 Å². The number of aliphatic carboxylic acids is 1. The first-order valence-electron chi connectivity index (χ1n) is 34.7. The number of benzene rings is 6. The Kier molecular flexibility index (Phi) is 27.1. The van der Waals surface area contributed by atoms with Crippen LogP contribution in [-0.4, -0.2) is 158 Å². The molecule has 111 heavy (non-hydrogen) atoms. The van der Waals surface area contributed by atoms with Crippen LogP contribution in [0.4, 0.5) is 30.2 Å². The average Bonchev–Trinajstić information content (AvgIpc) is 1.67. The zero-order chi connectivity index (χ0) is 81.4. The summed E-state index contributed by atoms with van der Waals surface area (Å²) in [5.74, 6) is -11.5. The average molecular weight is 1660 g/mol. The fourth-order valence-electron chi connectivity index (χ4n) is 13.5. The maximum absolute atomic E-state index is 16.3. The summed E-state index contributed by atoms with van der Waals surface area (Å²) in [5, 5.41) is 22.8. The second-order valence-corrected chi connectivity index (χ2v) is 37.2. The van der Waals surface area contributed by atoms with Crippen molar-refractivity contribution >= 4 is 101 Å². The van der Waals surface area contributed by atoms with Gasteiger partial charge in [-0.05, 0) is 140 Å². The van der Waals surface area contributed by atoms with Gasteiger partial charge in [0.2, 0.25) is 27.5 Å². The maximum atomic E-state index is 16.3. The van der Waals surface area contributed by atoms with Gasteiger partial charge in [0.1, 0.15) is 29.0 Å². The third kappa shape index (κ3) is 21.6. The van der Waals surface area contributed by atoms with E-state index < -0.39 is 158 Å². The highest BCUT2D eigenvalue weighted by molar-refractivity contribution is 7.91. The molecule has 9 rings (SSSR count). The van der Waals surface area contributed by atoms with Crippen LogP contribution in [-0.2, 0) is 96.7 Å². The lowest BCUT2D eigenvalue weighted by atomic mass is 9.81. The number of carboxylic acid groups (broad SMARTS) is 1. The molecule has 0 radical (unpaired) electrons. The number of ether oxygens (including phenoxy) is 2. The molecule has 0 aromatic heterocycles. The molecular weight excluding hydrogens is 1570 g/mol. The topological polar surface area (TPSA) is 444 Å². The Morgan fingerprint density at radius 3 is 1.81 bits per heavy atom. The second kappa shape index (κ2) is 35.0. The fraction of sp³-hybridized carbons (Fsp3) is 0.351. The van der Waals surface area contributed by atoms with Gasteiger partial charge in [-0.2, -0.15) is 38.2 Å². The number of amides is 2. The van der Waals surface area contributed by atoms with E-state index in [2.05, 4.69) is 16.0 Å². The Labute approximate surface area is 642 Å². The summed E-state index contributed by atoms with van der Waals surface area (Å²) in [4.78, 5) is 36.5. The third-order valence-corrected chi connectivity index (χ3v) is 25.0. The number of carbonyl (C=O) groups excluding carboxylic acids is 2. The van der Waals surface area contributed by atoms with Crippen molar-refractivity contribution in [2.24, 2.45) is 5.14 Å². The zero-order valence-electron chi connectivity index (χ0n) is 60.5. The molecular formula is C74H84F3N6O22S6+. The lowest BCUT2D eigenvalue weighted by Crippen LogP contribution is -2.42. The zero-order valence-corrected chi connectivity index (χ0v) is 65.4. The third-order valence-electron chi connectivity index (χ3n) is 19.0. The minimum absolute atomic E-state index is 0.0689. The van der Waals surface area contributed by atoms with Crippen molar-refractivity contribution in [3.05, 3.63) is 214 Å². The molecule has 0 fully saturated rings. The highest BCUT2D eigenvalue weighted by Gasteiger charge is 2.46. The van der Waals surface area contributed by atoms with Crippen molar-refractivity contribution in [2.45, 2.75) is 134 Å². The lowest BCUT2D eigenvalue weighted by molar-refractivity contribution is -0.438. The van der Waals surface area contributed by atoms with Crippen LogP contribution in [0.5, 0.6) is 5.75 Å². The summed E-state index contributed by atoms with van der Waals surface area (Å²) in [6, 6.07) is 27.8. The normalized spacial score (nSPS) is 16.4. The minimum atomic E-state index is -5.35. The van der Waals surface area contributed by atoms with Crippen molar-refractivity contribution in [3.63, 3.8) is 0 Å². The number of nitrogens with one attached hydrogen (secondary N) is 3. The van der Waals surface area contributed by atoms with Crippen LogP contribution < -0.4 is 30.7 Å². The van der Waals surface area contributed by atoms with Crippen LogP contribution in [0.1, 0.15) is 119 Å². The van der Waals surface area contributed by atoms with Crippen LogP contribution in [0.15, 0.2) is 188 Å². The van der Waals surface area contributed by atoms with Gasteiger partial charge in [0, 0.05) is 73.3 Å². The summed E-state index contributed by atoms with van der Waals surface area (Å²) in [5.41, 5.74) is 2.74. The highest BCUT2D eigenvalue weighted by atomic mass is 32.2. The van der Waals surface area contributed by atoms with Crippen molar-refractivity contribution in [1.82, 2.24) is 10.6 Å². The minimum Gasteiger partial charge on any atom is -0.480 e. The van der Waals surface area contributed by atoms with Crippen molar-refractivity contribution in [2.75, 3.05) is 60.3 Å². The Hall–Kier alpha value is -8.99. The van der Waals surface area contributed by atoms with Crippen molar-refractivity contribution < 1.29 is 115 Å². The first-order chi connectivity index (χ1) is 51.9. The summed E-state index contributed by atoms with van der Waals surface area (Å²) >= 11 is 0. The number of rotatable bonds is 36. The lowest BCUT2D eigenvalue weighted by Gasteiger charge is -2.27. The molecule has 1 aliphatic carbocycles. The first kappa shape index (κ1) is 86.0. The van der Waals surface area contributed by atoms with E-state index in [1.165, 1.54) is 36.4 Å². The molecule has 2 heterocycles. The molecule has 1 atom stereocenters. The highest BCUT2D eigenvalue weighted by Crippen LogP contribution is 2.50. The summed E-state index contributed by atoms with van der Waals surface area (Å²) < 4.78 is 251. The number of fused-ring (bicyclic) bond motifs is 2. The SMILES string of the molecule is CC1(C)C(/C=C/C2=C(Oc3ccc(C[C@H](NC(=O)CCOCCNC(=O)CCS(=O)(=O)c4c(F)c(F)c(S(N)(=O)=O)c(F)c4NC(c4ccccc4)c4ccccc4)C(=O)O)cc3)C(=C/C=C3/N(CCCCS(=O)(=O)O)c4ccc(S(=O)(=O)O)cc4C3(C)C)/CCC2)=[N+](CCCCS(=O)(=O)O)c2ccc(S(=O)(=O)O)cc21. The summed E-state index contributed by atoms with van der Waals surface area (Å²) in [7, 11) is -28.5. The van der Waals surface area contributed by atoms with Gasteiger partial charge in [-0.15, -0.1) is 0 Å².